The average Bonchev–Trinajstić information content (AvgIpc) is 2.87. The second-order valence-corrected chi connectivity index (χ2v) is 4.43. The molecule has 20 heavy (non-hydrogen) atoms. The zero-order valence-electron chi connectivity index (χ0n) is 11.3. The van der Waals surface area contributed by atoms with Crippen LogP contribution in [-0.4, -0.2) is 19.0 Å². The third kappa shape index (κ3) is 4.20. The summed E-state index contributed by atoms with van der Waals surface area (Å²) >= 11 is 0. The zero-order chi connectivity index (χ0) is 14.4. The quantitative estimate of drug-likeness (QED) is 0.796. The molecule has 0 fully saturated rings. The smallest absolute Gasteiger partial charge is 0.216 e. The molecule has 0 aliphatic carbocycles. The topological polar surface area (TPSA) is 54.3 Å². The van der Waals surface area contributed by atoms with Gasteiger partial charge in [0.05, 0.1) is 6.54 Å². The summed E-state index contributed by atoms with van der Waals surface area (Å²) in [6, 6.07) is 9.92. The van der Waals surface area contributed by atoms with Crippen molar-refractivity contribution in [3.05, 3.63) is 48.0 Å². The fourth-order valence-corrected chi connectivity index (χ4v) is 1.78. The molecule has 0 radical (unpaired) electrons. The van der Waals surface area contributed by atoms with Gasteiger partial charge in [-0.05, 0) is 36.4 Å². The lowest BCUT2D eigenvalue weighted by atomic mass is 10.2. The number of hydrogen-bond acceptors (Lipinski definition) is 3. The lowest BCUT2D eigenvalue weighted by molar-refractivity contribution is -0.118. The Balaban J connectivity index is 1.83. The summed E-state index contributed by atoms with van der Waals surface area (Å²) in [4.78, 5) is 10.7. The number of amides is 1. The molecule has 1 heterocycles. The number of carbonyl (C=O) groups is 1. The van der Waals surface area contributed by atoms with E-state index in [0.29, 0.717) is 25.4 Å². The van der Waals surface area contributed by atoms with Gasteiger partial charge in [0.2, 0.25) is 5.91 Å². The summed E-state index contributed by atoms with van der Waals surface area (Å²) in [6.45, 7) is 3.33. The molecule has 0 bridgehead atoms. The van der Waals surface area contributed by atoms with Gasteiger partial charge in [-0.25, -0.2) is 4.39 Å². The van der Waals surface area contributed by atoms with Crippen molar-refractivity contribution in [2.75, 3.05) is 13.1 Å². The third-order valence-electron chi connectivity index (χ3n) is 2.77. The number of nitrogens with one attached hydrogen (secondary N) is 2. The number of furan rings is 1. The van der Waals surface area contributed by atoms with Gasteiger partial charge in [-0.2, -0.15) is 0 Å². The van der Waals surface area contributed by atoms with Crippen molar-refractivity contribution in [3.63, 3.8) is 0 Å². The first-order valence-electron chi connectivity index (χ1n) is 6.45. The van der Waals surface area contributed by atoms with Crippen LogP contribution in [0.5, 0.6) is 0 Å². The summed E-state index contributed by atoms with van der Waals surface area (Å²) in [7, 11) is 0. The molecule has 1 amide bonds. The molecule has 0 saturated heterocycles. The van der Waals surface area contributed by atoms with Crippen LogP contribution in [0.15, 0.2) is 40.8 Å². The minimum atomic E-state index is -0.264. The van der Waals surface area contributed by atoms with Gasteiger partial charge in [-0.1, -0.05) is 0 Å². The molecule has 2 aromatic rings. The van der Waals surface area contributed by atoms with Gasteiger partial charge in [0.25, 0.3) is 0 Å². The van der Waals surface area contributed by atoms with E-state index in [4.69, 9.17) is 4.42 Å². The Bertz CT molecular complexity index is 564. The van der Waals surface area contributed by atoms with E-state index in [-0.39, 0.29) is 11.7 Å². The first-order valence-corrected chi connectivity index (χ1v) is 6.45. The second-order valence-electron chi connectivity index (χ2n) is 4.43. The number of halogens is 1. The molecule has 106 valence electrons. The molecular formula is C15H17FN2O2. The van der Waals surface area contributed by atoms with Crippen LogP contribution in [0, 0.1) is 5.82 Å². The Morgan fingerprint density at radius 3 is 2.60 bits per heavy atom. The zero-order valence-corrected chi connectivity index (χ0v) is 11.3. The van der Waals surface area contributed by atoms with Crippen LogP contribution < -0.4 is 10.6 Å². The molecule has 5 heteroatoms. The minimum absolute atomic E-state index is 0.0385. The fraction of sp³-hybridized carbons (Fsp3) is 0.267. The van der Waals surface area contributed by atoms with Gasteiger partial charge in [-0.15, -0.1) is 0 Å². The molecule has 0 saturated carbocycles. The van der Waals surface area contributed by atoms with Crippen molar-refractivity contribution in [2.24, 2.45) is 0 Å². The summed E-state index contributed by atoms with van der Waals surface area (Å²) in [5.74, 6) is 1.21. The standard InChI is InChI=1S/C15H17FN2O2/c1-11(19)18-9-8-17-10-14-6-7-15(20-14)12-2-4-13(16)5-3-12/h2-7,17H,8-10H2,1H3,(H,18,19). The van der Waals surface area contributed by atoms with E-state index >= 15 is 0 Å². The Labute approximate surface area is 117 Å². The van der Waals surface area contributed by atoms with Crippen molar-refractivity contribution in [1.29, 1.82) is 0 Å². The van der Waals surface area contributed by atoms with Crippen LogP contribution in [0.1, 0.15) is 12.7 Å². The number of rotatable bonds is 6. The maximum Gasteiger partial charge on any atom is 0.216 e. The molecule has 0 unspecified atom stereocenters. The maximum atomic E-state index is 12.8. The van der Waals surface area contributed by atoms with E-state index in [1.54, 1.807) is 12.1 Å². The highest BCUT2D eigenvalue weighted by molar-refractivity contribution is 5.72. The summed E-state index contributed by atoms with van der Waals surface area (Å²) < 4.78 is 18.5. The summed E-state index contributed by atoms with van der Waals surface area (Å²) in [5.41, 5.74) is 0.843. The molecule has 1 aromatic heterocycles. The third-order valence-corrected chi connectivity index (χ3v) is 2.77. The normalized spacial score (nSPS) is 10.5. The van der Waals surface area contributed by atoms with Gasteiger partial charge in [0.15, 0.2) is 0 Å². The van der Waals surface area contributed by atoms with Gasteiger partial charge in [-0.3, -0.25) is 4.79 Å². The second kappa shape index (κ2) is 6.86. The molecule has 2 rings (SSSR count). The van der Waals surface area contributed by atoms with E-state index in [9.17, 15) is 9.18 Å². The predicted octanol–water partition coefficient (Wildman–Crippen LogP) is 2.31. The van der Waals surface area contributed by atoms with E-state index in [1.807, 2.05) is 12.1 Å². The molecule has 0 atom stereocenters. The number of benzene rings is 1. The molecule has 0 aliphatic rings. The lowest BCUT2D eigenvalue weighted by Crippen LogP contribution is -2.29. The first kappa shape index (κ1) is 14.3. The average molecular weight is 276 g/mol. The summed E-state index contributed by atoms with van der Waals surface area (Å²) in [5, 5.41) is 5.86. The predicted molar refractivity (Wildman–Crippen MR) is 74.5 cm³/mol. The van der Waals surface area contributed by atoms with E-state index in [1.165, 1.54) is 19.1 Å². The van der Waals surface area contributed by atoms with Gasteiger partial charge < -0.3 is 15.1 Å². The van der Waals surface area contributed by atoms with E-state index in [0.717, 1.165) is 11.3 Å². The molecule has 1 aromatic carbocycles. The van der Waals surface area contributed by atoms with Gasteiger partial charge >= 0.3 is 0 Å². The van der Waals surface area contributed by atoms with Crippen molar-refractivity contribution in [2.45, 2.75) is 13.5 Å². The number of hydrogen-bond donors (Lipinski definition) is 2. The maximum absolute atomic E-state index is 12.8. The highest BCUT2D eigenvalue weighted by Crippen LogP contribution is 2.22. The van der Waals surface area contributed by atoms with Gasteiger partial charge in [0, 0.05) is 25.6 Å². The van der Waals surface area contributed by atoms with E-state index < -0.39 is 0 Å². The van der Waals surface area contributed by atoms with Gasteiger partial charge in [0.1, 0.15) is 17.3 Å². The van der Waals surface area contributed by atoms with Crippen molar-refractivity contribution in [1.82, 2.24) is 10.6 Å². The van der Waals surface area contributed by atoms with Crippen molar-refractivity contribution >= 4 is 5.91 Å². The largest absolute Gasteiger partial charge is 0.460 e. The Hall–Kier alpha value is -2.14. The van der Waals surface area contributed by atoms with Crippen LogP contribution in [0.4, 0.5) is 4.39 Å². The molecule has 2 N–H and O–H groups in total. The van der Waals surface area contributed by atoms with Crippen LogP contribution in [0.25, 0.3) is 11.3 Å². The Morgan fingerprint density at radius 2 is 1.90 bits per heavy atom. The highest BCUT2D eigenvalue weighted by Gasteiger charge is 2.04. The molecular weight excluding hydrogens is 259 g/mol. The van der Waals surface area contributed by atoms with E-state index in [2.05, 4.69) is 10.6 Å². The van der Waals surface area contributed by atoms with Crippen LogP contribution >= 0.6 is 0 Å². The monoisotopic (exact) mass is 276 g/mol. The Morgan fingerprint density at radius 1 is 1.15 bits per heavy atom. The molecule has 4 nitrogen and oxygen atoms in total. The molecule has 0 spiro atoms. The Kier molecular flexibility index (Phi) is 4.90. The number of carbonyl (C=O) groups excluding carboxylic acids is 1. The van der Waals surface area contributed by atoms with Crippen molar-refractivity contribution in [3.8, 4) is 11.3 Å². The first-order chi connectivity index (χ1) is 9.65. The lowest BCUT2D eigenvalue weighted by Gasteiger charge is -2.03. The minimum Gasteiger partial charge on any atom is -0.460 e. The molecule has 0 aliphatic heterocycles. The van der Waals surface area contributed by atoms with Crippen LogP contribution in [0.3, 0.4) is 0 Å². The van der Waals surface area contributed by atoms with Crippen LogP contribution in [0.2, 0.25) is 0 Å². The summed E-state index contributed by atoms with van der Waals surface area (Å²) in [6.07, 6.45) is 0. The SMILES string of the molecule is CC(=O)NCCNCc1ccc(-c2ccc(F)cc2)o1. The van der Waals surface area contributed by atoms with Crippen molar-refractivity contribution < 1.29 is 13.6 Å². The van der Waals surface area contributed by atoms with Crippen LogP contribution in [-0.2, 0) is 11.3 Å². The fourth-order valence-electron chi connectivity index (χ4n) is 1.78. The highest BCUT2D eigenvalue weighted by atomic mass is 19.1.